The fraction of sp³-hybridized carbons (Fsp3) is 0.222. The summed E-state index contributed by atoms with van der Waals surface area (Å²) < 4.78 is 0. The van der Waals surface area contributed by atoms with E-state index in [0.717, 1.165) is 27.0 Å². The van der Waals surface area contributed by atoms with Crippen LogP contribution < -0.4 is 5.56 Å². The summed E-state index contributed by atoms with van der Waals surface area (Å²) in [4.78, 5) is 32.2. The van der Waals surface area contributed by atoms with E-state index < -0.39 is 0 Å². The van der Waals surface area contributed by atoms with Crippen LogP contribution in [-0.2, 0) is 4.79 Å². The molecule has 0 fully saturated rings. The normalized spacial score (nSPS) is 17.0. The summed E-state index contributed by atoms with van der Waals surface area (Å²) in [5, 5.41) is 9.19. The van der Waals surface area contributed by atoms with Gasteiger partial charge in [0.05, 0.1) is 28.0 Å². The number of carbonyl (C=O) groups excluding carboxylic acids is 1. The molecular weight excluding hydrogens is 372 g/mol. The second kappa shape index (κ2) is 6.34. The van der Waals surface area contributed by atoms with Crippen LogP contribution in [0.4, 0.5) is 0 Å². The summed E-state index contributed by atoms with van der Waals surface area (Å²) in [6.45, 7) is 3.73. The van der Waals surface area contributed by atoms with Crippen molar-refractivity contribution in [2.45, 2.75) is 26.3 Å². The van der Waals surface area contributed by atoms with E-state index in [1.54, 1.807) is 12.3 Å². The van der Waals surface area contributed by atoms with Crippen LogP contribution in [0.5, 0.6) is 0 Å². The number of nitrogens with one attached hydrogen (secondary N) is 1. The third-order valence-electron chi connectivity index (χ3n) is 4.67. The molecule has 6 nitrogen and oxygen atoms in total. The number of hydrogen-bond acceptors (Lipinski definition) is 5. The predicted molar refractivity (Wildman–Crippen MR) is 103 cm³/mol. The highest BCUT2D eigenvalue weighted by atomic mass is 35.5. The number of amides is 1. The van der Waals surface area contributed by atoms with Crippen molar-refractivity contribution in [1.82, 2.24) is 15.0 Å². The Morgan fingerprint density at radius 3 is 2.96 bits per heavy atom. The maximum absolute atomic E-state index is 12.6. The van der Waals surface area contributed by atoms with Gasteiger partial charge >= 0.3 is 0 Å². The number of carbonyl (C=O) groups is 1. The number of rotatable bonds is 3. The summed E-state index contributed by atoms with van der Waals surface area (Å²) in [5.74, 6) is 0. The first-order valence-corrected chi connectivity index (χ1v) is 9.29. The van der Waals surface area contributed by atoms with Gasteiger partial charge in [-0.25, -0.2) is 5.01 Å². The molecule has 0 aliphatic carbocycles. The van der Waals surface area contributed by atoms with E-state index in [9.17, 15) is 9.59 Å². The third kappa shape index (κ3) is 2.64. The SMILES string of the molecule is Cc1ncc(C2CC(c3c(C)c4ccsc4[nH]c3=O)=NN2C=O)cc1Cl. The number of aryl methyl sites for hydroxylation is 2. The van der Waals surface area contributed by atoms with Gasteiger partial charge in [0.15, 0.2) is 0 Å². The number of pyridine rings is 2. The van der Waals surface area contributed by atoms with E-state index in [-0.39, 0.29) is 11.6 Å². The zero-order valence-corrected chi connectivity index (χ0v) is 15.7. The molecule has 1 unspecified atom stereocenters. The van der Waals surface area contributed by atoms with E-state index in [2.05, 4.69) is 15.1 Å². The quantitative estimate of drug-likeness (QED) is 0.699. The molecule has 132 valence electrons. The van der Waals surface area contributed by atoms with Crippen LogP contribution in [0.1, 0.15) is 34.8 Å². The summed E-state index contributed by atoms with van der Waals surface area (Å²) in [7, 11) is 0. The van der Waals surface area contributed by atoms with Crippen LogP contribution in [-0.4, -0.2) is 27.1 Å². The Morgan fingerprint density at radius 1 is 1.42 bits per heavy atom. The Labute approximate surface area is 158 Å². The van der Waals surface area contributed by atoms with Gasteiger partial charge in [-0.2, -0.15) is 5.10 Å². The molecule has 1 amide bonds. The lowest BCUT2D eigenvalue weighted by Gasteiger charge is -2.17. The fourth-order valence-corrected chi connectivity index (χ4v) is 4.28. The first-order valence-electron chi connectivity index (χ1n) is 8.03. The molecule has 3 aromatic rings. The number of hydrogen-bond donors (Lipinski definition) is 1. The molecular formula is C18H15ClN4O2S. The lowest BCUT2D eigenvalue weighted by atomic mass is 9.97. The predicted octanol–water partition coefficient (Wildman–Crippen LogP) is 3.56. The number of aromatic amines is 1. The van der Waals surface area contributed by atoms with Crippen LogP contribution in [0.15, 0.2) is 33.6 Å². The van der Waals surface area contributed by atoms with Crippen LogP contribution in [0.25, 0.3) is 10.2 Å². The van der Waals surface area contributed by atoms with Crippen molar-refractivity contribution in [3.63, 3.8) is 0 Å². The van der Waals surface area contributed by atoms with Crippen LogP contribution >= 0.6 is 22.9 Å². The van der Waals surface area contributed by atoms with Gasteiger partial charge in [0, 0.05) is 18.0 Å². The van der Waals surface area contributed by atoms with Crippen molar-refractivity contribution in [1.29, 1.82) is 0 Å². The zero-order chi connectivity index (χ0) is 18.4. The van der Waals surface area contributed by atoms with E-state index in [1.165, 1.54) is 16.3 Å². The lowest BCUT2D eigenvalue weighted by molar-refractivity contribution is -0.119. The van der Waals surface area contributed by atoms with Crippen molar-refractivity contribution >= 4 is 45.3 Å². The Balaban J connectivity index is 1.78. The summed E-state index contributed by atoms with van der Waals surface area (Å²) in [5.41, 5.74) is 3.31. The third-order valence-corrected chi connectivity index (χ3v) is 5.88. The van der Waals surface area contributed by atoms with Gasteiger partial charge in [-0.05, 0) is 42.5 Å². The van der Waals surface area contributed by atoms with Crippen molar-refractivity contribution in [2.24, 2.45) is 5.10 Å². The molecule has 0 spiro atoms. The standard InChI is InChI=1S/C18H15ClN4O2S/c1-9-12-3-4-26-18(12)21-17(25)16(9)14-6-15(23(8-24)22-14)11-5-13(19)10(2)20-7-11/h3-5,7-8,15H,6H2,1-2H3,(H,21,25). The van der Waals surface area contributed by atoms with Crippen LogP contribution in [0, 0.1) is 13.8 Å². The first kappa shape index (κ1) is 16.9. The number of halogens is 1. The fourth-order valence-electron chi connectivity index (χ4n) is 3.27. The van der Waals surface area contributed by atoms with Gasteiger partial charge in [-0.3, -0.25) is 14.6 Å². The average Bonchev–Trinajstić information content (AvgIpc) is 3.24. The van der Waals surface area contributed by atoms with Gasteiger partial charge in [0.2, 0.25) is 6.41 Å². The van der Waals surface area contributed by atoms with Gasteiger partial charge in [0.25, 0.3) is 5.56 Å². The summed E-state index contributed by atoms with van der Waals surface area (Å²) >= 11 is 7.67. The van der Waals surface area contributed by atoms with E-state index >= 15 is 0 Å². The molecule has 0 aromatic carbocycles. The van der Waals surface area contributed by atoms with E-state index in [0.29, 0.717) is 29.1 Å². The lowest BCUT2D eigenvalue weighted by Crippen LogP contribution is -2.19. The Kier molecular flexibility index (Phi) is 4.13. The highest BCUT2D eigenvalue weighted by Crippen LogP contribution is 2.33. The van der Waals surface area contributed by atoms with Crippen molar-refractivity contribution in [2.75, 3.05) is 0 Å². The monoisotopic (exact) mass is 386 g/mol. The minimum Gasteiger partial charge on any atom is -0.313 e. The number of fused-ring (bicyclic) bond motifs is 1. The molecule has 3 aromatic heterocycles. The smallest absolute Gasteiger partial charge is 0.258 e. The molecule has 0 radical (unpaired) electrons. The maximum atomic E-state index is 12.6. The highest BCUT2D eigenvalue weighted by Gasteiger charge is 2.31. The van der Waals surface area contributed by atoms with Crippen molar-refractivity contribution in [3.8, 4) is 0 Å². The van der Waals surface area contributed by atoms with E-state index in [4.69, 9.17) is 11.6 Å². The second-order valence-corrected chi connectivity index (χ2v) is 7.53. The molecule has 8 heteroatoms. The number of thiophene rings is 1. The molecule has 0 saturated carbocycles. The Bertz CT molecular complexity index is 1120. The largest absolute Gasteiger partial charge is 0.313 e. The van der Waals surface area contributed by atoms with Gasteiger partial charge in [-0.1, -0.05) is 11.6 Å². The molecule has 0 saturated heterocycles. The summed E-state index contributed by atoms with van der Waals surface area (Å²) in [6, 6.07) is 3.44. The molecule has 4 rings (SSSR count). The number of nitrogens with zero attached hydrogens (tertiary/aromatic N) is 3. The number of H-pyrrole nitrogens is 1. The second-order valence-electron chi connectivity index (χ2n) is 6.21. The maximum Gasteiger partial charge on any atom is 0.258 e. The number of hydrazone groups is 1. The summed E-state index contributed by atoms with van der Waals surface area (Å²) in [6.07, 6.45) is 2.79. The molecule has 1 aliphatic rings. The Hall–Kier alpha value is -2.51. The first-order chi connectivity index (χ1) is 12.5. The van der Waals surface area contributed by atoms with Gasteiger partial charge < -0.3 is 4.98 Å². The molecule has 0 bridgehead atoms. The molecule has 1 N–H and O–H groups in total. The zero-order valence-electron chi connectivity index (χ0n) is 14.1. The van der Waals surface area contributed by atoms with E-state index in [1.807, 2.05) is 25.3 Å². The van der Waals surface area contributed by atoms with Crippen molar-refractivity contribution in [3.05, 3.63) is 61.5 Å². The van der Waals surface area contributed by atoms with Crippen LogP contribution in [0.3, 0.4) is 0 Å². The van der Waals surface area contributed by atoms with Gasteiger partial charge in [-0.15, -0.1) is 11.3 Å². The van der Waals surface area contributed by atoms with Gasteiger partial charge in [0.1, 0.15) is 4.83 Å². The molecule has 26 heavy (non-hydrogen) atoms. The Morgan fingerprint density at radius 2 is 2.23 bits per heavy atom. The molecule has 4 heterocycles. The minimum atomic E-state index is -0.329. The highest BCUT2D eigenvalue weighted by molar-refractivity contribution is 7.16. The van der Waals surface area contributed by atoms with Crippen LogP contribution in [0.2, 0.25) is 5.02 Å². The average molecular weight is 387 g/mol. The minimum absolute atomic E-state index is 0.192. The number of aromatic nitrogens is 2. The topological polar surface area (TPSA) is 78.4 Å². The van der Waals surface area contributed by atoms with Crippen molar-refractivity contribution < 1.29 is 4.79 Å². The molecule has 1 aliphatic heterocycles. The molecule has 1 atom stereocenters.